The van der Waals surface area contributed by atoms with Crippen molar-refractivity contribution in [1.29, 1.82) is 0 Å². The highest BCUT2D eigenvalue weighted by Crippen LogP contribution is 2.33. The third-order valence-corrected chi connectivity index (χ3v) is 3.46. The number of unbranched alkanes of at least 4 members (excludes halogenated alkanes) is 1. The van der Waals surface area contributed by atoms with Crippen molar-refractivity contribution in [3.05, 3.63) is 11.8 Å². The Bertz CT molecular complexity index is 286. The Balaban J connectivity index is 2.58. The van der Waals surface area contributed by atoms with Crippen molar-refractivity contribution in [2.24, 2.45) is 5.92 Å². The van der Waals surface area contributed by atoms with Gasteiger partial charge in [0, 0.05) is 12.8 Å². The Kier molecular flexibility index (Phi) is 5.75. The summed E-state index contributed by atoms with van der Waals surface area (Å²) < 4.78 is 11.2. The summed E-state index contributed by atoms with van der Waals surface area (Å²) in [7, 11) is -0.735. The second kappa shape index (κ2) is 6.84. The largest absolute Gasteiger partial charge is 0.546 e. The average Bonchev–Trinajstić information content (AvgIpc) is 2.55. The van der Waals surface area contributed by atoms with Crippen LogP contribution >= 0.6 is 0 Å². The van der Waals surface area contributed by atoms with E-state index in [0.29, 0.717) is 5.92 Å². The number of ether oxygens (including phenoxy) is 1. The van der Waals surface area contributed by atoms with E-state index in [1.807, 2.05) is 6.08 Å². The molecule has 2 atom stereocenters. The normalized spacial score (nSPS) is 23.7. The summed E-state index contributed by atoms with van der Waals surface area (Å²) in [5.74, 6) is 1.29. The van der Waals surface area contributed by atoms with Crippen molar-refractivity contribution >= 4 is 15.0 Å². The lowest BCUT2D eigenvalue weighted by atomic mass is 10.0. The van der Waals surface area contributed by atoms with Crippen molar-refractivity contribution in [2.45, 2.75) is 58.7 Å². The summed E-state index contributed by atoms with van der Waals surface area (Å²) in [6.45, 7) is 7.91. The van der Waals surface area contributed by atoms with Gasteiger partial charge in [0.2, 0.25) is 0 Å². The summed E-state index contributed by atoms with van der Waals surface area (Å²) in [6.07, 6.45) is 6.34. The van der Waals surface area contributed by atoms with Crippen LogP contribution < -0.4 is 0 Å². The molecule has 2 unspecified atom stereocenters. The van der Waals surface area contributed by atoms with Gasteiger partial charge in [-0.1, -0.05) is 19.8 Å². The van der Waals surface area contributed by atoms with Gasteiger partial charge < -0.3 is 9.16 Å². The van der Waals surface area contributed by atoms with Gasteiger partial charge in [-0.25, -0.2) is 0 Å². The molecule has 1 radical (unpaired) electrons. The first-order valence-electron chi connectivity index (χ1n) is 6.39. The maximum Gasteiger partial charge on any atom is 0.303 e. The lowest BCUT2D eigenvalue weighted by Crippen LogP contribution is -2.13. The van der Waals surface area contributed by atoms with Gasteiger partial charge in [-0.3, -0.25) is 4.79 Å². The average molecular weight is 255 g/mol. The third kappa shape index (κ3) is 4.94. The minimum atomic E-state index is -0.735. The minimum Gasteiger partial charge on any atom is -0.546 e. The topological polar surface area (TPSA) is 35.5 Å². The fourth-order valence-corrected chi connectivity index (χ4v) is 2.85. The number of allylic oxidation sites excluding steroid dienone is 1. The van der Waals surface area contributed by atoms with Crippen molar-refractivity contribution < 1.29 is 14.0 Å². The quantitative estimate of drug-likeness (QED) is 0.540. The van der Waals surface area contributed by atoms with Crippen molar-refractivity contribution in [1.82, 2.24) is 0 Å². The van der Waals surface area contributed by atoms with E-state index in [1.165, 1.54) is 19.8 Å². The van der Waals surface area contributed by atoms with Crippen LogP contribution in [0.15, 0.2) is 11.8 Å². The van der Waals surface area contributed by atoms with Crippen molar-refractivity contribution in [3.63, 3.8) is 0 Å². The van der Waals surface area contributed by atoms with Gasteiger partial charge in [-0.05, 0) is 32.0 Å². The third-order valence-electron chi connectivity index (χ3n) is 2.81. The zero-order valence-corrected chi connectivity index (χ0v) is 12.3. The molecule has 97 valence electrons. The van der Waals surface area contributed by atoms with Crippen LogP contribution in [0.3, 0.4) is 0 Å². The first kappa shape index (κ1) is 14.3. The highest BCUT2D eigenvalue weighted by atomic mass is 28.3. The molecule has 1 rings (SSSR count). The predicted octanol–water partition coefficient (Wildman–Crippen LogP) is 3.28. The molecule has 1 aliphatic carbocycles. The maximum absolute atomic E-state index is 11.0. The van der Waals surface area contributed by atoms with Gasteiger partial charge in [0.05, 0.1) is 5.76 Å². The Morgan fingerprint density at radius 2 is 2.24 bits per heavy atom. The van der Waals surface area contributed by atoms with Crippen LogP contribution in [-0.2, 0) is 14.0 Å². The van der Waals surface area contributed by atoms with E-state index in [4.69, 9.17) is 9.16 Å². The zero-order chi connectivity index (χ0) is 12.8. The Hall–Kier alpha value is -0.773. The van der Waals surface area contributed by atoms with Gasteiger partial charge in [-0.15, -0.1) is 0 Å². The van der Waals surface area contributed by atoms with Crippen LogP contribution in [-0.4, -0.2) is 21.1 Å². The maximum atomic E-state index is 11.0. The monoisotopic (exact) mass is 255 g/mol. The van der Waals surface area contributed by atoms with Crippen LogP contribution in [0, 0.1) is 5.92 Å². The minimum absolute atomic E-state index is 0.0780. The molecular weight excluding hydrogens is 232 g/mol. The molecule has 0 saturated carbocycles. The van der Waals surface area contributed by atoms with Crippen LogP contribution in [0.2, 0.25) is 13.1 Å². The number of hydrogen-bond donors (Lipinski definition) is 0. The first-order chi connectivity index (χ1) is 8.02. The number of esters is 1. The van der Waals surface area contributed by atoms with E-state index < -0.39 is 9.04 Å². The van der Waals surface area contributed by atoms with Gasteiger partial charge in [0.15, 0.2) is 0 Å². The SMILES string of the molecule is CCCCC1CC(OC(C)=O)C=C1O[Si](C)C. The highest BCUT2D eigenvalue weighted by molar-refractivity contribution is 6.48. The molecule has 0 amide bonds. The van der Waals surface area contributed by atoms with Crippen LogP contribution in [0.5, 0.6) is 0 Å². The van der Waals surface area contributed by atoms with E-state index >= 15 is 0 Å². The fourth-order valence-electron chi connectivity index (χ4n) is 2.14. The second-order valence-electron chi connectivity index (χ2n) is 4.80. The molecule has 3 nitrogen and oxygen atoms in total. The van der Waals surface area contributed by atoms with E-state index in [2.05, 4.69) is 20.0 Å². The van der Waals surface area contributed by atoms with E-state index in [1.54, 1.807) is 0 Å². The van der Waals surface area contributed by atoms with E-state index in [0.717, 1.165) is 18.6 Å². The van der Waals surface area contributed by atoms with Crippen LogP contribution in [0.25, 0.3) is 0 Å². The predicted molar refractivity (Wildman–Crippen MR) is 69.8 cm³/mol. The summed E-state index contributed by atoms with van der Waals surface area (Å²) >= 11 is 0. The summed E-state index contributed by atoms with van der Waals surface area (Å²) in [4.78, 5) is 11.0. The Labute approximate surface area is 106 Å². The van der Waals surface area contributed by atoms with Crippen LogP contribution in [0.4, 0.5) is 0 Å². The molecule has 0 N–H and O–H groups in total. The summed E-state index contributed by atoms with van der Waals surface area (Å²) in [6, 6.07) is 0. The molecular formula is C13H23O3Si. The zero-order valence-electron chi connectivity index (χ0n) is 11.3. The van der Waals surface area contributed by atoms with E-state index in [9.17, 15) is 4.79 Å². The van der Waals surface area contributed by atoms with Gasteiger partial charge in [-0.2, -0.15) is 0 Å². The highest BCUT2D eigenvalue weighted by Gasteiger charge is 2.29. The molecule has 0 heterocycles. The van der Waals surface area contributed by atoms with Crippen LogP contribution in [0.1, 0.15) is 39.5 Å². The molecule has 0 bridgehead atoms. The molecule has 0 aromatic carbocycles. The summed E-state index contributed by atoms with van der Waals surface area (Å²) in [5.41, 5.74) is 0. The molecule has 4 heteroatoms. The van der Waals surface area contributed by atoms with Crippen molar-refractivity contribution in [3.8, 4) is 0 Å². The molecule has 17 heavy (non-hydrogen) atoms. The molecule has 0 aromatic heterocycles. The number of hydrogen-bond acceptors (Lipinski definition) is 3. The Morgan fingerprint density at radius 1 is 1.53 bits per heavy atom. The fraction of sp³-hybridized carbons (Fsp3) is 0.769. The van der Waals surface area contributed by atoms with Gasteiger partial charge in [0.25, 0.3) is 9.04 Å². The first-order valence-corrected chi connectivity index (χ1v) is 8.80. The standard InChI is InChI=1S/C13H23O3Si/c1-5-6-7-11-8-12(15-10(2)14)9-13(11)16-17(3)4/h9,11-12H,5-8H2,1-4H3. The molecule has 0 fully saturated rings. The molecule has 0 saturated heterocycles. The van der Waals surface area contributed by atoms with Gasteiger partial charge >= 0.3 is 5.97 Å². The second-order valence-corrected chi connectivity index (χ2v) is 6.82. The smallest absolute Gasteiger partial charge is 0.303 e. The number of carbonyl (C=O) groups excluding carboxylic acids is 1. The molecule has 1 aliphatic rings. The number of carbonyl (C=O) groups is 1. The molecule has 0 aromatic rings. The lowest BCUT2D eigenvalue weighted by molar-refractivity contribution is -0.144. The Morgan fingerprint density at radius 3 is 2.76 bits per heavy atom. The van der Waals surface area contributed by atoms with Gasteiger partial charge in [0.1, 0.15) is 6.10 Å². The summed E-state index contributed by atoms with van der Waals surface area (Å²) in [5, 5.41) is 0. The molecule has 0 aliphatic heterocycles. The van der Waals surface area contributed by atoms with Crippen molar-refractivity contribution in [2.75, 3.05) is 0 Å². The number of rotatable bonds is 6. The lowest BCUT2D eigenvalue weighted by Gasteiger charge is -2.17. The molecule has 0 spiro atoms. The van der Waals surface area contributed by atoms with E-state index in [-0.39, 0.29) is 12.1 Å².